The van der Waals surface area contributed by atoms with Crippen LogP contribution in [0.3, 0.4) is 0 Å². The standard InChI is InChI=1S/C17H16N4O3S/c1-10-5-12(21(2)20-10)7-18-16(22)15-8-19-17(25-15)11-3-4-13-14(6-11)24-9-23-13/h3-6,8H,7,9H2,1-2H3,(H,18,22). The summed E-state index contributed by atoms with van der Waals surface area (Å²) in [6.07, 6.45) is 1.59. The lowest BCUT2D eigenvalue weighted by Gasteiger charge is -2.03. The third-order valence-corrected chi connectivity index (χ3v) is 4.92. The monoisotopic (exact) mass is 356 g/mol. The third kappa shape index (κ3) is 3.08. The van der Waals surface area contributed by atoms with Gasteiger partial charge in [0.25, 0.3) is 5.91 Å². The number of amides is 1. The number of hydrogen-bond acceptors (Lipinski definition) is 6. The molecule has 8 heteroatoms. The van der Waals surface area contributed by atoms with E-state index in [1.54, 1.807) is 10.9 Å². The van der Waals surface area contributed by atoms with Gasteiger partial charge in [-0.1, -0.05) is 0 Å². The number of benzene rings is 1. The van der Waals surface area contributed by atoms with Crippen LogP contribution in [0, 0.1) is 6.92 Å². The summed E-state index contributed by atoms with van der Waals surface area (Å²) in [6, 6.07) is 7.59. The molecule has 128 valence electrons. The first-order chi connectivity index (χ1) is 12.1. The van der Waals surface area contributed by atoms with E-state index >= 15 is 0 Å². The molecule has 0 atom stereocenters. The van der Waals surface area contributed by atoms with Crippen molar-refractivity contribution in [2.24, 2.45) is 7.05 Å². The molecule has 7 nitrogen and oxygen atoms in total. The van der Waals surface area contributed by atoms with Gasteiger partial charge in [0.2, 0.25) is 6.79 Å². The van der Waals surface area contributed by atoms with Gasteiger partial charge < -0.3 is 14.8 Å². The lowest BCUT2D eigenvalue weighted by molar-refractivity contribution is 0.0954. The zero-order valence-electron chi connectivity index (χ0n) is 13.8. The van der Waals surface area contributed by atoms with Gasteiger partial charge in [0, 0.05) is 12.6 Å². The fraction of sp³-hybridized carbons (Fsp3) is 0.235. The van der Waals surface area contributed by atoms with Crippen LogP contribution in [0.25, 0.3) is 10.6 Å². The Balaban J connectivity index is 1.47. The summed E-state index contributed by atoms with van der Waals surface area (Å²) in [7, 11) is 1.86. The molecule has 0 bridgehead atoms. The molecule has 3 heterocycles. The van der Waals surface area contributed by atoms with E-state index in [4.69, 9.17) is 9.47 Å². The van der Waals surface area contributed by atoms with E-state index in [0.717, 1.165) is 27.7 Å². The fourth-order valence-corrected chi connectivity index (χ4v) is 3.46. The first kappa shape index (κ1) is 15.6. The first-order valence-electron chi connectivity index (χ1n) is 7.74. The lowest BCUT2D eigenvalue weighted by atomic mass is 10.2. The molecular weight excluding hydrogens is 340 g/mol. The topological polar surface area (TPSA) is 78.3 Å². The maximum Gasteiger partial charge on any atom is 0.263 e. The number of hydrogen-bond donors (Lipinski definition) is 1. The second-order valence-corrected chi connectivity index (χ2v) is 6.71. The summed E-state index contributed by atoms with van der Waals surface area (Å²) in [5, 5.41) is 7.93. The molecular formula is C17H16N4O3S. The normalized spacial score (nSPS) is 12.4. The Labute approximate surface area is 148 Å². The van der Waals surface area contributed by atoms with Gasteiger partial charge in [-0.05, 0) is 31.2 Å². The maximum absolute atomic E-state index is 12.4. The SMILES string of the molecule is Cc1cc(CNC(=O)c2cnc(-c3ccc4c(c3)OCO4)s2)n(C)n1. The van der Waals surface area contributed by atoms with Gasteiger partial charge in [-0.2, -0.15) is 5.10 Å². The number of nitrogens with zero attached hydrogens (tertiary/aromatic N) is 3. The first-order valence-corrected chi connectivity index (χ1v) is 8.55. The minimum atomic E-state index is -0.150. The molecule has 0 saturated heterocycles. The van der Waals surface area contributed by atoms with E-state index in [9.17, 15) is 4.79 Å². The van der Waals surface area contributed by atoms with Gasteiger partial charge in [-0.25, -0.2) is 4.98 Å². The molecule has 25 heavy (non-hydrogen) atoms. The Bertz CT molecular complexity index is 947. The summed E-state index contributed by atoms with van der Waals surface area (Å²) < 4.78 is 12.5. The molecule has 0 radical (unpaired) electrons. The summed E-state index contributed by atoms with van der Waals surface area (Å²) in [5.74, 6) is 1.28. The van der Waals surface area contributed by atoms with Crippen molar-refractivity contribution in [2.75, 3.05) is 6.79 Å². The van der Waals surface area contributed by atoms with Gasteiger partial charge in [-0.3, -0.25) is 9.48 Å². The molecule has 1 aromatic carbocycles. The Morgan fingerprint density at radius 1 is 1.32 bits per heavy atom. The van der Waals surface area contributed by atoms with Crippen LogP contribution in [0.4, 0.5) is 0 Å². The summed E-state index contributed by atoms with van der Waals surface area (Å²) in [6.45, 7) is 2.58. The van der Waals surface area contributed by atoms with Crippen LogP contribution < -0.4 is 14.8 Å². The van der Waals surface area contributed by atoms with Crippen molar-refractivity contribution in [1.82, 2.24) is 20.1 Å². The number of carbonyl (C=O) groups is 1. The number of carbonyl (C=O) groups excluding carboxylic acids is 1. The number of aryl methyl sites for hydroxylation is 2. The molecule has 0 spiro atoms. The lowest BCUT2D eigenvalue weighted by Crippen LogP contribution is -2.23. The average molecular weight is 356 g/mol. The van der Waals surface area contributed by atoms with Crippen LogP contribution in [0.2, 0.25) is 0 Å². The van der Waals surface area contributed by atoms with Crippen molar-refractivity contribution >= 4 is 17.2 Å². The Morgan fingerprint density at radius 2 is 2.16 bits per heavy atom. The minimum Gasteiger partial charge on any atom is -0.454 e. The van der Waals surface area contributed by atoms with E-state index in [0.29, 0.717) is 17.2 Å². The molecule has 1 amide bonds. The second-order valence-electron chi connectivity index (χ2n) is 5.68. The number of fused-ring (bicyclic) bond motifs is 1. The summed E-state index contributed by atoms with van der Waals surface area (Å²) in [4.78, 5) is 17.3. The average Bonchev–Trinajstić information content (AvgIpc) is 3.31. The number of thiazole rings is 1. The zero-order chi connectivity index (χ0) is 17.4. The summed E-state index contributed by atoms with van der Waals surface area (Å²) in [5.41, 5.74) is 2.77. The third-order valence-electron chi connectivity index (χ3n) is 3.88. The smallest absolute Gasteiger partial charge is 0.263 e. The van der Waals surface area contributed by atoms with Crippen LogP contribution in [-0.4, -0.2) is 27.5 Å². The van der Waals surface area contributed by atoms with Crippen LogP contribution in [-0.2, 0) is 13.6 Å². The Kier molecular flexibility index (Phi) is 3.89. The van der Waals surface area contributed by atoms with Crippen LogP contribution >= 0.6 is 11.3 Å². The fourth-order valence-electron chi connectivity index (χ4n) is 2.63. The van der Waals surface area contributed by atoms with E-state index in [1.165, 1.54) is 11.3 Å². The van der Waals surface area contributed by atoms with Crippen molar-refractivity contribution in [1.29, 1.82) is 0 Å². The number of rotatable bonds is 4. The molecule has 4 rings (SSSR count). The van der Waals surface area contributed by atoms with Crippen molar-refractivity contribution in [3.05, 3.63) is 46.7 Å². The van der Waals surface area contributed by atoms with Gasteiger partial charge >= 0.3 is 0 Å². The molecule has 0 unspecified atom stereocenters. The molecule has 2 aromatic heterocycles. The largest absolute Gasteiger partial charge is 0.454 e. The molecule has 0 saturated carbocycles. The van der Waals surface area contributed by atoms with E-state index in [1.807, 2.05) is 38.2 Å². The van der Waals surface area contributed by atoms with E-state index in [2.05, 4.69) is 15.4 Å². The van der Waals surface area contributed by atoms with Crippen LogP contribution in [0.1, 0.15) is 21.1 Å². The van der Waals surface area contributed by atoms with Crippen LogP contribution in [0.5, 0.6) is 11.5 Å². The number of aromatic nitrogens is 3. The van der Waals surface area contributed by atoms with Crippen molar-refractivity contribution < 1.29 is 14.3 Å². The van der Waals surface area contributed by atoms with Crippen molar-refractivity contribution in [3.8, 4) is 22.1 Å². The number of nitrogens with one attached hydrogen (secondary N) is 1. The summed E-state index contributed by atoms with van der Waals surface area (Å²) >= 11 is 1.34. The highest BCUT2D eigenvalue weighted by Gasteiger charge is 2.17. The van der Waals surface area contributed by atoms with Crippen LogP contribution in [0.15, 0.2) is 30.5 Å². The van der Waals surface area contributed by atoms with E-state index < -0.39 is 0 Å². The highest BCUT2D eigenvalue weighted by molar-refractivity contribution is 7.16. The number of ether oxygens (including phenoxy) is 2. The van der Waals surface area contributed by atoms with Crippen molar-refractivity contribution in [2.45, 2.75) is 13.5 Å². The van der Waals surface area contributed by atoms with Gasteiger partial charge in [0.15, 0.2) is 11.5 Å². The maximum atomic E-state index is 12.4. The highest BCUT2D eigenvalue weighted by Crippen LogP contribution is 2.36. The Hall–Kier alpha value is -2.87. The predicted octanol–water partition coefficient (Wildman–Crippen LogP) is 2.51. The van der Waals surface area contributed by atoms with Gasteiger partial charge in [-0.15, -0.1) is 11.3 Å². The Morgan fingerprint density at radius 3 is 2.96 bits per heavy atom. The zero-order valence-corrected chi connectivity index (χ0v) is 14.6. The molecule has 1 aliphatic rings. The predicted molar refractivity (Wildman–Crippen MR) is 92.8 cm³/mol. The molecule has 1 aliphatic heterocycles. The van der Waals surface area contributed by atoms with E-state index in [-0.39, 0.29) is 12.7 Å². The van der Waals surface area contributed by atoms with Gasteiger partial charge in [0.05, 0.1) is 24.1 Å². The molecule has 0 fully saturated rings. The quantitative estimate of drug-likeness (QED) is 0.777. The minimum absolute atomic E-state index is 0.150. The molecule has 3 aromatic rings. The van der Waals surface area contributed by atoms with Gasteiger partial charge in [0.1, 0.15) is 9.88 Å². The second kappa shape index (κ2) is 6.21. The van der Waals surface area contributed by atoms with Crippen molar-refractivity contribution in [3.63, 3.8) is 0 Å². The highest BCUT2D eigenvalue weighted by atomic mass is 32.1. The molecule has 0 aliphatic carbocycles. The molecule has 1 N–H and O–H groups in total.